The van der Waals surface area contributed by atoms with Crippen molar-refractivity contribution in [1.29, 1.82) is 0 Å². The lowest BCUT2D eigenvalue weighted by Gasteiger charge is -2.14. The van der Waals surface area contributed by atoms with Crippen molar-refractivity contribution < 1.29 is 9.84 Å². The van der Waals surface area contributed by atoms with Crippen LogP contribution in [0.4, 0.5) is 0 Å². The van der Waals surface area contributed by atoms with Gasteiger partial charge in [0.1, 0.15) is 18.5 Å². The molecule has 3 nitrogen and oxygen atoms in total. The van der Waals surface area contributed by atoms with E-state index in [1.54, 1.807) is 0 Å². The topological polar surface area (TPSA) is 41.5 Å². The van der Waals surface area contributed by atoms with Crippen LogP contribution in [0.1, 0.15) is 25.8 Å². The van der Waals surface area contributed by atoms with Crippen LogP contribution in [-0.4, -0.2) is 30.9 Å². The first-order valence-electron chi connectivity index (χ1n) is 7.06. The standard InChI is InChI=1S/C16H25NO2/c1-12-6-4-5-7-15(12)19-11-14(18)10-17-9-13-8-16(13,2)3/h4-7,13-14,17-18H,8-11H2,1-3H3. The van der Waals surface area contributed by atoms with Crippen molar-refractivity contribution in [2.75, 3.05) is 19.7 Å². The molecule has 2 rings (SSSR count). The van der Waals surface area contributed by atoms with Crippen molar-refractivity contribution in [2.45, 2.75) is 33.3 Å². The van der Waals surface area contributed by atoms with E-state index in [4.69, 9.17) is 4.74 Å². The molecule has 1 aromatic carbocycles. The molecule has 0 aliphatic heterocycles. The lowest BCUT2D eigenvalue weighted by atomic mass is 10.1. The predicted octanol–water partition coefficient (Wildman–Crippen LogP) is 2.37. The molecule has 1 aromatic rings. The Kier molecular flexibility index (Phi) is 4.48. The van der Waals surface area contributed by atoms with Gasteiger partial charge in [-0.05, 0) is 42.9 Å². The number of hydrogen-bond donors (Lipinski definition) is 2. The highest BCUT2D eigenvalue weighted by Gasteiger charge is 2.44. The summed E-state index contributed by atoms with van der Waals surface area (Å²) in [4.78, 5) is 0. The number of aliphatic hydroxyl groups is 1. The molecular weight excluding hydrogens is 238 g/mol. The van der Waals surface area contributed by atoms with Gasteiger partial charge in [0.15, 0.2) is 0 Å². The summed E-state index contributed by atoms with van der Waals surface area (Å²) in [5.74, 6) is 1.61. The predicted molar refractivity (Wildman–Crippen MR) is 77.4 cm³/mol. The van der Waals surface area contributed by atoms with Crippen LogP contribution in [0.5, 0.6) is 5.75 Å². The smallest absolute Gasteiger partial charge is 0.122 e. The molecule has 1 fully saturated rings. The summed E-state index contributed by atoms with van der Waals surface area (Å²) in [5.41, 5.74) is 1.60. The molecule has 0 amide bonds. The van der Waals surface area contributed by atoms with Gasteiger partial charge in [-0.1, -0.05) is 32.0 Å². The summed E-state index contributed by atoms with van der Waals surface area (Å²) in [6.45, 7) is 8.52. The molecular formula is C16H25NO2. The van der Waals surface area contributed by atoms with E-state index in [-0.39, 0.29) is 0 Å². The molecule has 0 aromatic heterocycles. The highest BCUT2D eigenvalue weighted by molar-refractivity contribution is 5.31. The molecule has 0 heterocycles. The number of benzene rings is 1. The monoisotopic (exact) mass is 263 g/mol. The number of hydrogen-bond acceptors (Lipinski definition) is 3. The Morgan fingerprint density at radius 3 is 2.74 bits per heavy atom. The number of ether oxygens (including phenoxy) is 1. The lowest BCUT2D eigenvalue weighted by Crippen LogP contribution is -2.33. The van der Waals surface area contributed by atoms with E-state index in [1.807, 2.05) is 31.2 Å². The fourth-order valence-electron chi connectivity index (χ4n) is 2.31. The Morgan fingerprint density at radius 1 is 1.42 bits per heavy atom. The number of rotatable bonds is 7. The number of para-hydroxylation sites is 1. The fourth-order valence-corrected chi connectivity index (χ4v) is 2.31. The molecule has 2 N–H and O–H groups in total. The molecule has 2 unspecified atom stereocenters. The van der Waals surface area contributed by atoms with Crippen LogP contribution >= 0.6 is 0 Å². The maximum Gasteiger partial charge on any atom is 0.122 e. The van der Waals surface area contributed by atoms with Gasteiger partial charge in [0, 0.05) is 6.54 Å². The quantitative estimate of drug-likeness (QED) is 0.793. The van der Waals surface area contributed by atoms with Gasteiger partial charge in [-0.2, -0.15) is 0 Å². The molecule has 0 saturated heterocycles. The average Bonchev–Trinajstić information content (AvgIpc) is 2.96. The molecule has 106 valence electrons. The molecule has 1 aliphatic carbocycles. The summed E-state index contributed by atoms with van der Waals surface area (Å²) in [5, 5.41) is 13.2. The second kappa shape index (κ2) is 5.93. The maximum atomic E-state index is 9.88. The van der Waals surface area contributed by atoms with E-state index in [1.165, 1.54) is 6.42 Å². The normalized spacial score (nSPS) is 22.0. The van der Waals surface area contributed by atoms with Crippen LogP contribution in [0.3, 0.4) is 0 Å². The highest BCUT2D eigenvalue weighted by Crippen LogP contribution is 2.50. The first-order valence-corrected chi connectivity index (χ1v) is 7.06. The zero-order valence-electron chi connectivity index (χ0n) is 12.1. The Bertz CT molecular complexity index is 417. The van der Waals surface area contributed by atoms with Crippen LogP contribution in [0.25, 0.3) is 0 Å². The Morgan fingerprint density at radius 2 is 2.11 bits per heavy atom. The Balaban J connectivity index is 1.62. The lowest BCUT2D eigenvalue weighted by molar-refractivity contribution is 0.105. The Hall–Kier alpha value is -1.06. The summed E-state index contributed by atoms with van der Waals surface area (Å²) in [7, 11) is 0. The third kappa shape index (κ3) is 4.22. The zero-order valence-corrected chi connectivity index (χ0v) is 12.1. The Labute approximate surface area is 116 Å². The van der Waals surface area contributed by atoms with Crippen LogP contribution in [0, 0.1) is 18.3 Å². The van der Waals surface area contributed by atoms with Gasteiger partial charge in [-0.3, -0.25) is 0 Å². The molecule has 1 aliphatic rings. The highest BCUT2D eigenvalue weighted by atomic mass is 16.5. The van der Waals surface area contributed by atoms with Crippen LogP contribution in [-0.2, 0) is 0 Å². The summed E-state index contributed by atoms with van der Waals surface area (Å²) >= 11 is 0. The van der Waals surface area contributed by atoms with E-state index in [0.717, 1.165) is 23.8 Å². The molecule has 0 spiro atoms. The van der Waals surface area contributed by atoms with Crippen molar-refractivity contribution in [1.82, 2.24) is 5.32 Å². The largest absolute Gasteiger partial charge is 0.491 e. The van der Waals surface area contributed by atoms with Crippen molar-refractivity contribution >= 4 is 0 Å². The van der Waals surface area contributed by atoms with Crippen molar-refractivity contribution in [3.63, 3.8) is 0 Å². The van der Waals surface area contributed by atoms with Gasteiger partial charge in [0.2, 0.25) is 0 Å². The van der Waals surface area contributed by atoms with E-state index in [0.29, 0.717) is 18.6 Å². The summed E-state index contributed by atoms with van der Waals surface area (Å²) in [6.07, 6.45) is 0.831. The molecule has 3 heteroatoms. The number of aryl methyl sites for hydroxylation is 1. The summed E-state index contributed by atoms with van der Waals surface area (Å²) < 4.78 is 5.62. The van der Waals surface area contributed by atoms with Gasteiger partial charge >= 0.3 is 0 Å². The molecule has 19 heavy (non-hydrogen) atoms. The van der Waals surface area contributed by atoms with Gasteiger partial charge in [-0.25, -0.2) is 0 Å². The number of nitrogens with one attached hydrogen (secondary N) is 1. The molecule has 2 atom stereocenters. The molecule has 0 bridgehead atoms. The van der Waals surface area contributed by atoms with Gasteiger partial charge < -0.3 is 15.2 Å². The van der Waals surface area contributed by atoms with Crippen LogP contribution in [0.2, 0.25) is 0 Å². The number of aliphatic hydroxyl groups excluding tert-OH is 1. The van der Waals surface area contributed by atoms with E-state index in [9.17, 15) is 5.11 Å². The minimum absolute atomic E-state index is 0.339. The fraction of sp³-hybridized carbons (Fsp3) is 0.625. The van der Waals surface area contributed by atoms with Gasteiger partial charge in [0.05, 0.1) is 0 Å². The van der Waals surface area contributed by atoms with E-state index >= 15 is 0 Å². The first-order chi connectivity index (χ1) is 8.99. The average molecular weight is 263 g/mol. The minimum Gasteiger partial charge on any atom is -0.491 e. The van der Waals surface area contributed by atoms with Crippen molar-refractivity contribution in [3.05, 3.63) is 29.8 Å². The maximum absolute atomic E-state index is 9.88. The summed E-state index contributed by atoms with van der Waals surface area (Å²) in [6, 6.07) is 7.87. The molecule has 1 saturated carbocycles. The van der Waals surface area contributed by atoms with Crippen LogP contribution < -0.4 is 10.1 Å². The first kappa shape index (κ1) is 14.4. The van der Waals surface area contributed by atoms with Crippen LogP contribution in [0.15, 0.2) is 24.3 Å². The second-order valence-electron chi connectivity index (χ2n) is 6.28. The SMILES string of the molecule is Cc1ccccc1OCC(O)CNCC1CC1(C)C. The minimum atomic E-state index is -0.457. The van der Waals surface area contributed by atoms with Gasteiger partial charge in [0.25, 0.3) is 0 Å². The van der Waals surface area contributed by atoms with E-state index < -0.39 is 6.10 Å². The second-order valence-corrected chi connectivity index (χ2v) is 6.28. The van der Waals surface area contributed by atoms with Crippen molar-refractivity contribution in [3.8, 4) is 5.75 Å². The van der Waals surface area contributed by atoms with Gasteiger partial charge in [-0.15, -0.1) is 0 Å². The zero-order chi connectivity index (χ0) is 13.9. The van der Waals surface area contributed by atoms with Crippen molar-refractivity contribution in [2.24, 2.45) is 11.3 Å². The third-order valence-electron chi connectivity index (χ3n) is 4.01. The molecule has 0 radical (unpaired) electrons. The van der Waals surface area contributed by atoms with E-state index in [2.05, 4.69) is 19.2 Å². The third-order valence-corrected chi connectivity index (χ3v) is 4.01.